The molecule has 19 heavy (non-hydrogen) atoms. The van der Waals surface area contributed by atoms with Gasteiger partial charge in [0.15, 0.2) is 0 Å². The van der Waals surface area contributed by atoms with Crippen molar-refractivity contribution in [3.05, 3.63) is 12.2 Å². The molecule has 0 heterocycles. The van der Waals surface area contributed by atoms with Crippen molar-refractivity contribution in [2.24, 2.45) is 11.8 Å². The lowest BCUT2D eigenvalue weighted by Gasteiger charge is -2.21. The van der Waals surface area contributed by atoms with Crippen molar-refractivity contribution < 1.29 is 19.4 Å². The summed E-state index contributed by atoms with van der Waals surface area (Å²) >= 11 is 0. The van der Waals surface area contributed by atoms with Crippen LogP contribution in [0, 0.1) is 11.8 Å². The van der Waals surface area contributed by atoms with Crippen LogP contribution in [0.5, 0.6) is 0 Å². The summed E-state index contributed by atoms with van der Waals surface area (Å²) in [5.74, 6) is 0.317. The zero-order valence-electron chi connectivity index (χ0n) is 12.6. The third-order valence-corrected chi connectivity index (χ3v) is 3.12. The Morgan fingerprint density at radius 3 is 2.37 bits per heavy atom. The molecule has 110 valence electrons. The van der Waals surface area contributed by atoms with Crippen molar-refractivity contribution in [1.82, 2.24) is 0 Å². The monoisotopic (exact) mass is 270 g/mol. The van der Waals surface area contributed by atoms with Gasteiger partial charge in [-0.2, -0.15) is 0 Å². The fourth-order valence-electron chi connectivity index (χ4n) is 1.78. The maximum atomic E-state index is 11.2. The number of aliphatic hydroxyl groups is 1. The van der Waals surface area contributed by atoms with E-state index in [9.17, 15) is 14.7 Å². The molecule has 0 fully saturated rings. The molecule has 0 saturated carbocycles. The molecule has 0 spiro atoms. The van der Waals surface area contributed by atoms with E-state index in [1.807, 2.05) is 6.08 Å². The number of rotatable bonds is 8. The fourth-order valence-corrected chi connectivity index (χ4v) is 1.78. The maximum Gasteiger partial charge on any atom is 0.308 e. The summed E-state index contributed by atoms with van der Waals surface area (Å²) in [7, 11) is 1.30. The van der Waals surface area contributed by atoms with Gasteiger partial charge in [-0.25, -0.2) is 0 Å². The first-order chi connectivity index (χ1) is 8.68. The van der Waals surface area contributed by atoms with E-state index < -0.39 is 11.6 Å². The third-order valence-electron chi connectivity index (χ3n) is 3.12. The molecule has 0 aromatic rings. The zero-order valence-corrected chi connectivity index (χ0v) is 12.6. The molecule has 0 aromatic carbocycles. The smallest absolute Gasteiger partial charge is 0.308 e. The predicted molar refractivity (Wildman–Crippen MR) is 74.6 cm³/mol. The summed E-state index contributed by atoms with van der Waals surface area (Å²) in [6.45, 7) is 7.30. The summed E-state index contributed by atoms with van der Waals surface area (Å²) in [6, 6.07) is 0. The highest BCUT2D eigenvalue weighted by molar-refractivity contribution is 5.75. The van der Waals surface area contributed by atoms with Crippen LogP contribution >= 0.6 is 0 Å². The third kappa shape index (κ3) is 8.54. The van der Waals surface area contributed by atoms with Crippen LogP contribution < -0.4 is 0 Å². The Kier molecular flexibility index (Phi) is 7.61. The highest BCUT2D eigenvalue weighted by atomic mass is 16.5. The summed E-state index contributed by atoms with van der Waals surface area (Å²) in [6.07, 6.45) is 4.76. The molecule has 2 unspecified atom stereocenters. The topological polar surface area (TPSA) is 63.6 Å². The molecule has 4 nitrogen and oxygen atoms in total. The van der Waals surface area contributed by atoms with E-state index in [2.05, 4.69) is 18.6 Å². The Labute approximate surface area is 115 Å². The average Bonchev–Trinajstić information content (AvgIpc) is 2.27. The molecule has 0 aliphatic carbocycles. The minimum absolute atomic E-state index is 0.0719. The molecule has 0 rings (SSSR count). The van der Waals surface area contributed by atoms with Crippen molar-refractivity contribution in [3.63, 3.8) is 0 Å². The Bertz CT molecular complexity index is 329. The minimum Gasteiger partial charge on any atom is -0.469 e. The van der Waals surface area contributed by atoms with Crippen LogP contribution in [0.3, 0.4) is 0 Å². The molecule has 2 atom stereocenters. The number of carbonyl (C=O) groups excluding carboxylic acids is 2. The Morgan fingerprint density at radius 2 is 1.95 bits per heavy atom. The molecule has 1 N–H and O–H groups in total. The van der Waals surface area contributed by atoms with Crippen LogP contribution in [0.4, 0.5) is 0 Å². The molecule has 4 heteroatoms. The number of esters is 1. The molecular formula is C15H26O4. The van der Waals surface area contributed by atoms with Gasteiger partial charge in [0.1, 0.15) is 5.78 Å². The largest absolute Gasteiger partial charge is 0.469 e. The van der Waals surface area contributed by atoms with E-state index in [1.54, 1.807) is 19.9 Å². The Hall–Kier alpha value is -1.16. The highest BCUT2D eigenvalue weighted by Gasteiger charge is 2.22. The van der Waals surface area contributed by atoms with Crippen LogP contribution in [0.25, 0.3) is 0 Å². The van der Waals surface area contributed by atoms with Gasteiger partial charge in [0, 0.05) is 6.42 Å². The van der Waals surface area contributed by atoms with Gasteiger partial charge in [-0.3, -0.25) is 4.79 Å². The average molecular weight is 270 g/mol. The van der Waals surface area contributed by atoms with Gasteiger partial charge < -0.3 is 14.6 Å². The molecule has 0 bridgehead atoms. The van der Waals surface area contributed by atoms with Crippen LogP contribution in [0.15, 0.2) is 12.2 Å². The first kappa shape index (κ1) is 17.8. The van der Waals surface area contributed by atoms with Gasteiger partial charge >= 0.3 is 5.97 Å². The number of allylic oxidation sites excluding steroid dienone is 1. The summed E-state index contributed by atoms with van der Waals surface area (Å²) in [5, 5.41) is 10.1. The highest BCUT2D eigenvalue weighted by Crippen LogP contribution is 2.21. The van der Waals surface area contributed by atoms with Crippen LogP contribution in [0.1, 0.15) is 47.0 Å². The molecule has 0 aliphatic rings. The van der Waals surface area contributed by atoms with Crippen molar-refractivity contribution in [3.8, 4) is 0 Å². The second-order valence-electron chi connectivity index (χ2n) is 5.62. The lowest BCUT2D eigenvalue weighted by atomic mass is 9.88. The predicted octanol–water partition coefficient (Wildman–Crippen LogP) is 2.50. The maximum absolute atomic E-state index is 11.2. The second kappa shape index (κ2) is 8.10. The van der Waals surface area contributed by atoms with Crippen LogP contribution in [-0.4, -0.2) is 29.6 Å². The van der Waals surface area contributed by atoms with Gasteiger partial charge in [0.25, 0.3) is 0 Å². The number of carbonyl (C=O) groups is 2. The first-order valence-electron chi connectivity index (χ1n) is 6.66. The molecular weight excluding hydrogens is 244 g/mol. The lowest BCUT2D eigenvalue weighted by molar-refractivity contribution is -0.144. The van der Waals surface area contributed by atoms with Crippen molar-refractivity contribution >= 4 is 11.8 Å². The minimum atomic E-state index is -1.21. The van der Waals surface area contributed by atoms with E-state index in [0.29, 0.717) is 12.3 Å². The van der Waals surface area contributed by atoms with Gasteiger partial charge in [-0.1, -0.05) is 26.0 Å². The number of hydrogen-bond acceptors (Lipinski definition) is 4. The van der Waals surface area contributed by atoms with E-state index in [0.717, 1.165) is 6.42 Å². The van der Waals surface area contributed by atoms with E-state index in [1.165, 1.54) is 7.11 Å². The van der Waals surface area contributed by atoms with Crippen LogP contribution in [-0.2, 0) is 14.3 Å². The first-order valence-corrected chi connectivity index (χ1v) is 6.66. The standard InChI is InChI=1S/C15H26O4/c1-11(2)13(7-6-12(3)16)8-9-15(4,18)10-14(17)19-5/h8-9,11,13,18H,6-7,10H2,1-5H3. The van der Waals surface area contributed by atoms with Gasteiger partial charge in [-0.15, -0.1) is 0 Å². The molecule has 0 aromatic heterocycles. The number of ether oxygens (including phenoxy) is 1. The molecule has 0 amide bonds. The molecule has 0 saturated heterocycles. The van der Waals surface area contributed by atoms with Gasteiger partial charge in [0.2, 0.25) is 0 Å². The van der Waals surface area contributed by atoms with Gasteiger partial charge in [0.05, 0.1) is 19.1 Å². The molecule has 0 aliphatic heterocycles. The van der Waals surface area contributed by atoms with E-state index in [4.69, 9.17) is 0 Å². The zero-order chi connectivity index (χ0) is 15.1. The quantitative estimate of drug-likeness (QED) is 0.543. The molecule has 0 radical (unpaired) electrons. The van der Waals surface area contributed by atoms with E-state index in [-0.39, 0.29) is 18.1 Å². The summed E-state index contributed by atoms with van der Waals surface area (Å²) in [5.41, 5.74) is -1.21. The number of Topliss-reactive ketones (excluding diaryl/α,β-unsaturated/α-hetero) is 1. The Balaban J connectivity index is 4.59. The second-order valence-corrected chi connectivity index (χ2v) is 5.62. The SMILES string of the molecule is COC(=O)CC(C)(O)C=CC(CCC(C)=O)C(C)C. The van der Waals surface area contributed by atoms with Crippen molar-refractivity contribution in [1.29, 1.82) is 0 Å². The normalized spacial score (nSPS) is 16.4. The summed E-state index contributed by atoms with van der Waals surface area (Å²) in [4.78, 5) is 22.2. The fraction of sp³-hybridized carbons (Fsp3) is 0.733. The number of hydrogen-bond donors (Lipinski definition) is 1. The van der Waals surface area contributed by atoms with Gasteiger partial charge in [-0.05, 0) is 32.1 Å². The number of methoxy groups -OCH3 is 1. The van der Waals surface area contributed by atoms with Crippen LogP contribution in [0.2, 0.25) is 0 Å². The van der Waals surface area contributed by atoms with Crippen molar-refractivity contribution in [2.45, 2.75) is 52.6 Å². The lowest BCUT2D eigenvalue weighted by Crippen LogP contribution is -2.26. The van der Waals surface area contributed by atoms with Crippen molar-refractivity contribution in [2.75, 3.05) is 7.11 Å². The van der Waals surface area contributed by atoms with E-state index >= 15 is 0 Å². The summed E-state index contributed by atoms with van der Waals surface area (Å²) < 4.78 is 4.54. The number of ketones is 1. The Morgan fingerprint density at radius 1 is 1.37 bits per heavy atom.